The molecule has 0 radical (unpaired) electrons. The highest BCUT2D eigenvalue weighted by atomic mass is 16.3. The summed E-state index contributed by atoms with van der Waals surface area (Å²) in [7, 11) is 0. The molecule has 13 aromatic rings. The molecule has 0 unspecified atom stereocenters. The lowest BCUT2D eigenvalue weighted by atomic mass is 10.1. The molecule has 0 aliphatic heterocycles. The molecule has 426 valence electrons. The first-order valence-electron chi connectivity index (χ1n) is 27.4. The Morgan fingerprint density at radius 3 is 1.30 bits per heavy atom. The third-order valence-corrected chi connectivity index (χ3v) is 13.7. The standard InChI is InChI=1S/5C11H10O.3C7H8O/c1-8-4-2-5-9-6-3-7-10(12)11(8)9;1-8-3-2-4-9-5-6-10(12)7-11(8)9;1-8-6-10(12)7-9-4-2-3-5-11(8)9;1-8-10-5-3-2-4-9(10)6-7-11(8)12;1-8-6-7-9-4-2-3-5-10(9)11(8)12;1-6-2-4-7(8)5-3-6;1-6-3-2-4-7(8)5-6;1-6-4-2-3-5-7(6)8/h5*2-7,12H,1H3;3*2-5,8H,1H3. The maximum Gasteiger partial charge on any atom is 0.126 e. The number of hydrogen-bond acceptors (Lipinski definition) is 8. The predicted octanol–water partition coefficient (Wildman–Crippen LogP) is 19.4. The summed E-state index contributed by atoms with van der Waals surface area (Å²) in [6, 6.07) is 79.7. The largest absolute Gasteiger partial charge is 0.508 e. The molecule has 0 atom stereocenters. The van der Waals surface area contributed by atoms with E-state index in [1.54, 1.807) is 66.7 Å². The summed E-state index contributed by atoms with van der Waals surface area (Å²) in [5, 5.41) is 84.6. The first-order chi connectivity index (χ1) is 40.3. The number of aromatic hydroxyl groups is 8. The maximum absolute atomic E-state index is 9.66. The van der Waals surface area contributed by atoms with Crippen molar-refractivity contribution >= 4 is 53.9 Å². The molecule has 0 amide bonds. The van der Waals surface area contributed by atoms with Crippen LogP contribution in [0.3, 0.4) is 0 Å². The predicted molar refractivity (Wildman–Crippen MR) is 350 cm³/mol. The molecule has 0 aliphatic carbocycles. The Morgan fingerprint density at radius 1 is 0.214 bits per heavy atom. The van der Waals surface area contributed by atoms with E-state index in [0.717, 1.165) is 71.1 Å². The Balaban J connectivity index is 0.000000155. The van der Waals surface area contributed by atoms with Crippen molar-refractivity contribution < 1.29 is 40.9 Å². The lowest BCUT2D eigenvalue weighted by molar-refractivity contribution is 0.471. The molecule has 0 aromatic heterocycles. The Morgan fingerprint density at radius 2 is 0.690 bits per heavy atom. The van der Waals surface area contributed by atoms with Crippen LogP contribution >= 0.6 is 0 Å². The van der Waals surface area contributed by atoms with Gasteiger partial charge in [0.25, 0.3) is 0 Å². The molecule has 84 heavy (non-hydrogen) atoms. The van der Waals surface area contributed by atoms with Gasteiger partial charge in [-0.25, -0.2) is 0 Å². The van der Waals surface area contributed by atoms with Gasteiger partial charge in [0.05, 0.1) is 0 Å². The summed E-state index contributed by atoms with van der Waals surface area (Å²) in [5.74, 6) is 2.84. The SMILES string of the molecule is Cc1c(O)ccc2ccccc12.Cc1cc(O)cc2ccccc12.Cc1ccc(O)cc1.Cc1ccc2ccccc2c1O.Cc1cccc(O)c1.Cc1cccc2ccc(O)cc12.Cc1cccc2cccc(O)c12.Cc1ccccc1O. The van der Waals surface area contributed by atoms with Gasteiger partial charge in [-0.1, -0.05) is 194 Å². The fourth-order valence-electron chi connectivity index (χ4n) is 8.92. The third-order valence-electron chi connectivity index (χ3n) is 13.7. The Bertz CT molecular complexity index is 4020. The minimum absolute atomic E-state index is 0.329. The summed E-state index contributed by atoms with van der Waals surface area (Å²) in [5.41, 5.74) is 8.49. The fraction of sp³-hybridized carbons (Fsp3) is 0.105. The molecule has 13 rings (SSSR count). The van der Waals surface area contributed by atoms with Crippen LogP contribution in [0.2, 0.25) is 0 Å². The van der Waals surface area contributed by atoms with Crippen LogP contribution in [0.15, 0.2) is 255 Å². The highest BCUT2D eigenvalue weighted by Gasteiger charge is 2.03. The van der Waals surface area contributed by atoms with E-state index < -0.39 is 0 Å². The van der Waals surface area contributed by atoms with E-state index in [4.69, 9.17) is 15.3 Å². The number of phenols is 8. The van der Waals surface area contributed by atoms with Crippen molar-refractivity contribution in [2.24, 2.45) is 0 Å². The fourth-order valence-corrected chi connectivity index (χ4v) is 8.92. The number of phenolic OH excluding ortho intramolecular Hbond substituents is 8. The van der Waals surface area contributed by atoms with Crippen molar-refractivity contribution in [2.75, 3.05) is 0 Å². The van der Waals surface area contributed by atoms with Gasteiger partial charge in [0.1, 0.15) is 46.0 Å². The van der Waals surface area contributed by atoms with E-state index >= 15 is 0 Å². The molecule has 0 heterocycles. The van der Waals surface area contributed by atoms with Gasteiger partial charge in [-0.15, -0.1) is 0 Å². The second kappa shape index (κ2) is 31.0. The van der Waals surface area contributed by atoms with Crippen molar-refractivity contribution in [1.82, 2.24) is 0 Å². The smallest absolute Gasteiger partial charge is 0.126 e. The highest BCUT2D eigenvalue weighted by molar-refractivity contribution is 5.92. The molecule has 8 nitrogen and oxygen atoms in total. The molecule has 0 bridgehead atoms. The van der Waals surface area contributed by atoms with Gasteiger partial charge < -0.3 is 40.9 Å². The molecule has 8 N–H and O–H groups in total. The van der Waals surface area contributed by atoms with Crippen LogP contribution < -0.4 is 0 Å². The summed E-state index contributed by atoms with van der Waals surface area (Å²) >= 11 is 0. The van der Waals surface area contributed by atoms with Crippen LogP contribution in [-0.2, 0) is 0 Å². The van der Waals surface area contributed by atoms with Crippen molar-refractivity contribution in [2.45, 2.75) is 55.4 Å². The van der Waals surface area contributed by atoms with Gasteiger partial charge >= 0.3 is 0 Å². The number of rotatable bonds is 0. The van der Waals surface area contributed by atoms with E-state index in [2.05, 4.69) is 6.07 Å². The molecular formula is C76H74O8. The summed E-state index contributed by atoms with van der Waals surface area (Å²) in [4.78, 5) is 0. The van der Waals surface area contributed by atoms with Crippen molar-refractivity contribution in [3.63, 3.8) is 0 Å². The molecular weight excluding hydrogens is 1040 g/mol. The van der Waals surface area contributed by atoms with Crippen molar-refractivity contribution in [3.05, 3.63) is 299 Å². The minimum Gasteiger partial charge on any atom is -0.508 e. The van der Waals surface area contributed by atoms with Gasteiger partial charge in [0, 0.05) is 10.8 Å². The van der Waals surface area contributed by atoms with Gasteiger partial charge in [0.2, 0.25) is 0 Å². The number of para-hydroxylation sites is 1. The third kappa shape index (κ3) is 18.6. The van der Waals surface area contributed by atoms with E-state index in [1.165, 1.54) is 27.3 Å². The van der Waals surface area contributed by atoms with Crippen LogP contribution in [0.1, 0.15) is 44.5 Å². The Hall–Kier alpha value is -10.4. The van der Waals surface area contributed by atoms with Gasteiger partial charge in [0.15, 0.2) is 0 Å². The summed E-state index contributed by atoms with van der Waals surface area (Å²) < 4.78 is 0. The van der Waals surface area contributed by atoms with Gasteiger partial charge in [-0.05, 0) is 204 Å². The minimum atomic E-state index is 0.329. The van der Waals surface area contributed by atoms with Crippen LogP contribution in [-0.4, -0.2) is 40.9 Å². The van der Waals surface area contributed by atoms with Crippen LogP contribution in [0.5, 0.6) is 46.0 Å². The molecule has 13 aromatic carbocycles. The first kappa shape index (κ1) is 62.8. The zero-order valence-electron chi connectivity index (χ0n) is 48.8. The van der Waals surface area contributed by atoms with E-state index in [-0.39, 0.29) is 0 Å². The molecule has 0 fully saturated rings. The summed E-state index contributed by atoms with van der Waals surface area (Å²) in [6.07, 6.45) is 0. The van der Waals surface area contributed by atoms with E-state index in [0.29, 0.717) is 46.0 Å². The van der Waals surface area contributed by atoms with Crippen molar-refractivity contribution in [1.29, 1.82) is 0 Å². The van der Waals surface area contributed by atoms with Crippen LogP contribution in [0.4, 0.5) is 0 Å². The zero-order valence-corrected chi connectivity index (χ0v) is 48.8. The second-order valence-corrected chi connectivity index (χ2v) is 20.3. The second-order valence-electron chi connectivity index (χ2n) is 20.3. The number of fused-ring (bicyclic) bond motifs is 5. The molecule has 0 saturated carbocycles. The topological polar surface area (TPSA) is 162 Å². The Labute approximate surface area is 493 Å². The quantitative estimate of drug-likeness (QED) is 0.0744. The van der Waals surface area contributed by atoms with Crippen LogP contribution in [0.25, 0.3) is 53.9 Å². The number of benzene rings is 13. The molecule has 0 saturated heterocycles. The maximum atomic E-state index is 9.66. The average molecular weight is 1120 g/mol. The summed E-state index contributed by atoms with van der Waals surface area (Å²) in [6.45, 7) is 15.7. The van der Waals surface area contributed by atoms with E-state index in [1.807, 2.05) is 237 Å². The lowest BCUT2D eigenvalue weighted by Crippen LogP contribution is -1.78. The molecule has 0 spiro atoms. The van der Waals surface area contributed by atoms with E-state index in [9.17, 15) is 25.5 Å². The van der Waals surface area contributed by atoms with Crippen molar-refractivity contribution in [3.8, 4) is 46.0 Å². The lowest BCUT2D eigenvalue weighted by Gasteiger charge is -2.02. The number of aryl methyl sites for hydroxylation is 8. The average Bonchev–Trinajstić information content (AvgIpc) is 3.70. The molecule has 8 heteroatoms. The highest BCUT2D eigenvalue weighted by Crippen LogP contribution is 2.30. The van der Waals surface area contributed by atoms with Gasteiger partial charge in [-0.2, -0.15) is 0 Å². The first-order valence-corrected chi connectivity index (χ1v) is 27.4. The normalized spacial score (nSPS) is 10.0. The van der Waals surface area contributed by atoms with Gasteiger partial charge in [-0.3, -0.25) is 0 Å². The number of hydrogen-bond donors (Lipinski definition) is 8. The monoisotopic (exact) mass is 1110 g/mol. The van der Waals surface area contributed by atoms with Crippen LogP contribution in [0, 0.1) is 55.4 Å². The zero-order chi connectivity index (χ0) is 60.7. The molecule has 0 aliphatic rings. The Kier molecular flexibility index (Phi) is 23.1.